The van der Waals surface area contributed by atoms with Crippen molar-refractivity contribution >= 4 is 22.8 Å². The molecule has 0 fully saturated rings. The van der Waals surface area contributed by atoms with E-state index in [1.165, 1.54) is 30.9 Å². The van der Waals surface area contributed by atoms with Crippen LogP contribution in [0.1, 0.15) is 23.4 Å². The van der Waals surface area contributed by atoms with E-state index in [4.69, 9.17) is 16.3 Å². The second-order valence-electron chi connectivity index (χ2n) is 8.49. The summed E-state index contributed by atoms with van der Waals surface area (Å²) in [4.78, 5) is 31.0. The number of ether oxygens (including phenoxy) is 2. The lowest BCUT2D eigenvalue weighted by molar-refractivity contribution is -0.274. The zero-order valence-electron chi connectivity index (χ0n) is 20.5. The number of hydrogen-bond donors (Lipinski definition) is 1. The Morgan fingerprint density at radius 3 is 2.42 bits per heavy atom. The van der Waals surface area contributed by atoms with Crippen LogP contribution in [0.15, 0.2) is 52.1 Å². The maximum absolute atomic E-state index is 13.5. The summed E-state index contributed by atoms with van der Waals surface area (Å²) in [5.74, 6) is 0.163. The number of imidazole rings is 1. The van der Waals surface area contributed by atoms with E-state index in [1.807, 2.05) is 0 Å². The lowest BCUT2D eigenvalue weighted by atomic mass is 10.1. The summed E-state index contributed by atoms with van der Waals surface area (Å²) in [5.41, 5.74) is 0.156. The number of hydrogen-bond acceptors (Lipinski definition) is 6. The van der Waals surface area contributed by atoms with Crippen molar-refractivity contribution in [2.24, 2.45) is 7.05 Å². The van der Waals surface area contributed by atoms with Crippen LogP contribution in [0.4, 0.5) is 13.2 Å². The standard InChI is InChI=1S/C25H24ClF3N4O5/c1-31-22-21(23(35)32(24(31)36)10-3-11-34)33(14-15-4-6-17(26)7-5-15)20(30-22)13-16-12-18(38-25(27,28)29)8-9-19(16)37-2/h4-9,12,34H,3,10-11,13-14H2,1-2H3. The van der Waals surface area contributed by atoms with E-state index >= 15 is 0 Å². The van der Waals surface area contributed by atoms with Crippen molar-refractivity contribution in [2.45, 2.75) is 32.3 Å². The number of benzene rings is 2. The number of alkyl halides is 3. The monoisotopic (exact) mass is 552 g/mol. The van der Waals surface area contributed by atoms with Gasteiger partial charge in [-0.1, -0.05) is 23.7 Å². The molecule has 9 nitrogen and oxygen atoms in total. The molecule has 0 spiro atoms. The van der Waals surface area contributed by atoms with Gasteiger partial charge in [0.05, 0.1) is 7.11 Å². The molecule has 0 aliphatic heterocycles. The normalized spacial score (nSPS) is 11.8. The van der Waals surface area contributed by atoms with Crippen LogP contribution in [-0.2, 0) is 26.6 Å². The first kappa shape index (κ1) is 27.3. The van der Waals surface area contributed by atoms with Gasteiger partial charge in [0.2, 0.25) is 0 Å². The van der Waals surface area contributed by atoms with Crippen LogP contribution in [0, 0.1) is 0 Å². The van der Waals surface area contributed by atoms with Crippen molar-refractivity contribution < 1.29 is 27.8 Å². The van der Waals surface area contributed by atoms with Gasteiger partial charge in [0, 0.05) is 43.8 Å². The van der Waals surface area contributed by atoms with Crippen LogP contribution < -0.4 is 20.7 Å². The molecule has 0 unspecified atom stereocenters. The van der Waals surface area contributed by atoms with Gasteiger partial charge in [-0.25, -0.2) is 9.78 Å². The van der Waals surface area contributed by atoms with Crippen molar-refractivity contribution in [2.75, 3.05) is 13.7 Å². The van der Waals surface area contributed by atoms with Crippen molar-refractivity contribution in [1.29, 1.82) is 0 Å². The Kier molecular flexibility index (Phi) is 7.83. The third-order valence-electron chi connectivity index (χ3n) is 5.94. The minimum Gasteiger partial charge on any atom is -0.496 e. The number of nitrogens with zero attached hydrogens (tertiary/aromatic N) is 4. The zero-order chi connectivity index (χ0) is 27.6. The fourth-order valence-electron chi connectivity index (χ4n) is 4.18. The van der Waals surface area contributed by atoms with Crippen LogP contribution in [0.3, 0.4) is 0 Å². The third kappa shape index (κ3) is 5.70. The number of methoxy groups -OCH3 is 1. The number of halogens is 4. The summed E-state index contributed by atoms with van der Waals surface area (Å²) < 4.78 is 51.8. The van der Waals surface area contributed by atoms with Gasteiger partial charge in [-0.05, 0) is 42.3 Å². The van der Waals surface area contributed by atoms with E-state index in [2.05, 4.69) is 9.72 Å². The van der Waals surface area contributed by atoms with E-state index in [9.17, 15) is 27.9 Å². The van der Waals surface area contributed by atoms with Crippen LogP contribution >= 0.6 is 11.6 Å². The lowest BCUT2D eigenvalue weighted by Crippen LogP contribution is -2.40. The molecule has 38 heavy (non-hydrogen) atoms. The summed E-state index contributed by atoms with van der Waals surface area (Å²) in [5, 5.41) is 9.75. The van der Waals surface area contributed by atoms with E-state index < -0.39 is 23.4 Å². The number of aliphatic hydroxyl groups excluding tert-OH is 1. The highest BCUT2D eigenvalue weighted by atomic mass is 35.5. The molecule has 1 N–H and O–H groups in total. The van der Waals surface area contributed by atoms with Gasteiger partial charge in [0.15, 0.2) is 11.2 Å². The number of aryl methyl sites for hydroxylation is 1. The summed E-state index contributed by atoms with van der Waals surface area (Å²) >= 11 is 6.02. The minimum atomic E-state index is -4.88. The summed E-state index contributed by atoms with van der Waals surface area (Å²) in [6.45, 7) is -0.0411. The first-order valence-corrected chi connectivity index (χ1v) is 11.9. The molecule has 2 aromatic carbocycles. The maximum atomic E-state index is 13.5. The Hall–Kier alpha value is -3.77. The number of aliphatic hydroxyl groups is 1. The molecule has 4 aromatic rings. The van der Waals surface area contributed by atoms with Gasteiger partial charge in [-0.3, -0.25) is 13.9 Å². The molecule has 13 heteroatoms. The fourth-order valence-corrected chi connectivity index (χ4v) is 4.31. The molecule has 2 aromatic heterocycles. The second-order valence-corrected chi connectivity index (χ2v) is 8.92. The Morgan fingerprint density at radius 2 is 1.79 bits per heavy atom. The van der Waals surface area contributed by atoms with E-state index in [-0.39, 0.29) is 43.7 Å². The summed E-state index contributed by atoms with van der Waals surface area (Å²) in [6.07, 6.45) is -4.72. The summed E-state index contributed by atoms with van der Waals surface area (Å²) in [7, 11) is 2.85. The average molecular weight is 553 g/mol. The molecule has 202 valence electrons. The predicted molar refractivity (Wildman–Crippen MR) is 134 cm³/mol. The van der Waals surface area contributed by atoms with Crippen molar-refractivity contribution in [3.8, 4) is 11.5 Å². The second kappa shape index (κ2) is 10.9. The molecule has 0 radical (unpaired) electrons. The van der Waals surface area contributed by atoms with Crippen molar-refractivity contribution in [1.82, 2.24) is 18.7 Å². The van der Waals surface area contributed by atoms with Crippen LogP contribution in [0.25, 0.3) is 11.2 Å². The van der Waals surface area contributed by atoms with E-state index in [0.29, 0.717) is 22.2 Å². The Labute approximate surface area is 219 Å². The maximum Gasteiger partial charge on any atom is 0.573 e. The molecular weight excluding hydrogens is 529 g/mol. The molecule has 0 atom stereocenters. The lowest BCUT2D eigenvalue weighted by Gasteiger charge is -2.14. The predicted octanol–water partition coefficient (Wildman–Crippen LogP) is 3.48. The highest BCUT2D eigenvalue weighted by Crippen LogP contribution is 2.30. The van der Waals surface area contributed by atoms with Gasteiger partial charge in [-0.2, -0.15) is 0 Å². The summed E-state index contributed by atoms with van der Waals surface area (Å²) in [6, 6.07) is 10.6. The molecule has 2 heterocycles. The van der Waals surface area contributed by atoms with Gasteiger partial charge in [-0.15, -0.1) is 13.2 Å². The molecule has 4 rings (SSSR count). The largest absolute Gasteiger partial charge is 0.573 e. The fraction of sp³-hybridized carbons (Fsp3) is 0.320. The number of aromatic nitrogens is 4. The topological polar surface area (TPSA) is 101 Å². The quantitative estimate of drug-likeness (QED) is 0.341. The number of fused-ring (bicyclic) bond motifs is 1. The number of rotatable bonds is 9. The van der Waals surface area contributed by atoms with E-state index in [1.54, 1.807) is 28.8 Å². The molecule has 0 saturated heterocycles. The highest BCUT2D eigenvalue weighted by molar-refractivity contribution is 6.30. The van der Waals surface area contributed by atoms with Gasteiger partial charge in [0.25, 0.3) is 5.56 Å². The molecule has 0 aliphatic carbocycles. The molecule has 0 amide bonds. The smallest absolute Gasteiger partial charge is 0.496 e. The Bertz CT molecular complexity index is 1580. The van der Waals surface area contributed by atoms with Crippen LogP contribution in [0.2, 0.25) is 5.02 Å². The Morgan fingerprint density at radius 1 is 1.08 bits per heavy atom. The molecule has 0 aliphatic rings. The molecule has 0 saturated carbocycles. The van der Waals surface area contributed by atoms with Crippen molar-refractivity contribution in [3.63, 3.8) is 0 Å². The van der Waals surface area contributed by atoms with Crippen LogP contribution in [-0.4, -0.2) is 43.9 Å². The van der Waals surface area contributed by atoms with Gasteiger partial charge >= 0.3 is 12.1 Å². The Balaban J connectivity index is 1.92. The average Bonchev–Trinajstić information content (AvgIpc) is 3.21. The SMILES string of the molecule is COc1ccc(OC(F)(F)F)cc1Cc1nc2c(c(=O)n(CCCO)c(=O)n2C)n1Cc1ccc(Cl)cc1. The highest BCUT2D eigenvalue weighted by Gasteiger charge is 2.31. The first-order valence-electron chi connectivity index (χ1n) is 11.5. The zero-order valence-corrected chi connectivity index (χ0v) is 21.2. The van der Waals surface area contributed by atoms with Gasteiger partial charge < -0.3 is 19.1 Å². The molecular formula is C25H24ClF3N4O5. The molecule has 0 bridgehead atoms. The third-order valence-corrected chi connectivity index (χ3v) is 6.19. The van der Waals surface area contributed by atoms with Crippen molar-refractivity contribution in [3.05, 3.63) is 85.3 Å². The van der Waals surface area contributed by atoms with Gasteiger partial charge in [0.1, 0.15) is 17.3 Å². The minimum absolute atomic E-state index is 0.00402. The first-order chi connectivity index (χ1) is 18.0. The van der Waals surface area contributed by atoms with E-state index in [0.717, 1.165) is 16.2 Å². The van der Waals surface area contributed by atoms with Crippen LogP contribution in [0.5, 0.6) is 11.5 Å².